The van der Waals surface area contributed by atoms with Crippen molar-refractivity contribution in [2.75, 3.05) is 26.8 Å². The molecule has 146 valence electrons. The zero-order valence-electron chi connectivity index (χ0n) is 15.5. The fourth-order valence-corrected chi connectivity index (χ4v) is 3.48. The zero-order chi connectivity index (χ0) is 19.3. The Kier molecular flexibility index (Phi) is 6.57. The third-order valence-electron chi connectivity index (χ3n) is 5.07. The van der Waals surface area contributed by atoms with Crippen molar-refractivity contribution in [2.45, 2.75) is 51.2 Å². The summed E-state index contributed by atoms with van der Waals surface area (Å²) in [5, 5.41) is 5.32. The minimum absolute atomic E-state index is 0.0132. The van der Waals surface area contributed by atoms with Crippen molar-refractivity contribution in [1.29, 1.82) is 0 Å². The molecule has 0 aromatic carbocycles. The Labute approximate surface area is 152 Å². The first kappa shape index (κ1) is 20.2. The number of urea groups is 1. The molecule has 0 radical (unpaired) electrons. The van der Waals surface area contributed by atoms with E-state index in [2.05, 4.69) is 10.6 Å². The number of carbonyl (C=O) groups excluding carboxylic acids is 4. The summed E-state index contributed by atoms with van der Waals surface area (Å²) in [6.07, 6.45) is 2.27. The number of rotatable bonds is 7. The highest BCUT2D eigenvalue weighted by atomic mass is 16.5. The molecule has 3 atom stereocenters. The van der Waals surface area contributed by atoms with Crippen LogP contribution >= 0.6 is 0 Å². The van der Waals surface area contributed by atoms with Gasteiger partial charge in [-0.25, -0.2) is 4.79 Å². The highest BCUT2D eigenvalue weighted by molar-refractivity contribution is 6.09. The lowest BCUT2D eigenvalue weighted by atomic mass is 9.73. The van der Waals surface area contributed by atoms with Gasteiger partial charge in [0.15, 0.2) is 6.10 Å². The Hall–Kier alpha value is -2.16. The number of nitrogens with one attached hydrogen (secondary N) is 2. The van der Waals surface area contributed by atoms with Crippen molar-refractivity contribution in [3.05, 3.63) is 0 Å². The van der Waals surface area contributed by atoms with Crippen molar-refractivity contribution in [3.8, 4) is 0 Å². The van der Waals surface area contributed by atoms with Crippen LogP contribution < -0.4 is 10.6 Å². The molecule has 2 fully saturated rings. The predicted octanol–water partition coefficient (Wildman–Crippen LogP) is 0.181. The van der Waals surface area contributed by atoms with Crippen molar-refractivity contribution in [1.82, 2.24) is 15.5 Å². The second-order valence-electron chi connectivity index (χ2n) is 6.86. The van der Waals surface area contributed by atoms with Gasteiger partial charge in [0.05, 0.1) is 6.61 Å². The fourth-order valence-electron chi connectivity index (χ4n) is 3.48. The Morgan fingerprint density at radius 2 is 2.12 bits per heavy atom. The monoisotopic (exact) mass is 369 g/mol. The minimum Gasteiger partial charge on any atom is -0.451 e. The second-order valence-corrected chi connectivity index (χ2v) is 6.86. The third kappa shape index (κ3) is 4.14. The number of amides is 4. The normalized spacial score (nSPS) is 26.6. The van der Waals surface area contributed by atoms with Crippen LogP contribution in [0.15, 0.2) is 0 Å². The molecule has 9 nitrogen and oxygen atoms in total. The van der Waals surface area contributed by atoms with Crippen molar-refractivity contribution in [2.24, 2.45) is 5.92 Å². The second kappa shape index (κ2) is 8.48. The van der Waals surface area contributed by atoms with Crippen molar-refractivity contribution < 1.29 is 28.7 Å². The smallest absolute Gasteiger partial charge is 0.327 e. The van der Waals surface area contributed by atoms with E-state index in [-0.39, 0.29) is 11.8 Å². The molecule has 2 rings (SSSR count). The summed E-state index contributed by atoms with van der Waals surface area (Å²) >= 11 is 0. The third-order valence-corrected chi connectivity index (χ3v) is 5.07. The van der Waals surface area contributed by atoms with Crippen LogP contribution in [0, 0.1) is 5.92 Å². The summed E-state index contributed by atoms with van der Waals surface area (Å²) < 4.78 is 9.86. The van der Waals surface area contributed by atoms with Gasteiger partial charge in [-0.3, -0.25) is 19.3 Å². The lowest BCUT2D eigenvalue weighted by molar-refractivity contribution is -0.157. The summed E-state index contributed by atoms with van der Waals surface area (Å²) in [5.74, 6) is -1.64. The lowest BCUT2D eigenvalue weighted by Crippen LogP contribution is -2.54. The Balaban J connectivity index is 1.91. The molecule has 1 saturated carbocycles. The maximum atomic E-state index is 12.8. The number of imide groups is 1. The van der Waals surface area contributed by atoms with Gasteiger partial charge in [-0.05, 0) is 25.7 Å². The number of carbonyl (C=O) groups is 4. The van der Waals surface area contributed by atoms with E-state index in [1.165, 1.54) is 14.0 Å². The van der Waals surface area contributed by atoms with Gasteiger partial charge in [0.2, 0.25) is 0 Å². The van der Waals surface area contributed by atoms with Crippen LogP contribution in [0.5, 0.6) is 0 Å². The van der Waals surface area contributed by atoms with Crippen LogP contribution in [0.2, 0.25) is 0 Å². The van der Waals surface area contributed by atoms with E-state index >= 15 is 0 Å². The largest absolute Gasteiger partial charge is 0.451 e. The Morgan fingerprint density at radius 3 is 2.77 bits per heavy atom. The Morgan fingerprint density at radius 1 is 1.38 bits per heavy atom. The maximum Gasteiger partial charge on any atom is 0.327 e. The fraction of sp³-hybridized carbons (Fsp3) is 0.765. The molecule has 26 heavy (non-hydrogen) atoms. The Bertz CT molecular complexity index is 581. The molecule has 2 N–H and O–H groups in total. The van der Waals surface area contributed by atoms with Gasteiger partial charge >= 0.3 is 12.0 Å². The predicted molar refractivity (Wildman–Crippen MR) is 91.0 cm³/mol. The number of methoxy groups -OCH3 is 1. The molecule has 0 bridgehead atoms. The standard InChI is InChI=1S/C17H27N3O6/c1-11-6-4-5-7-17(11)15(23)20(16(24)19-17)10-13(21)26-12(2)14(22)18-8-9-25-3/h11-12H,4-10H2,1-3H3,(H,18,22)(H,19,24)/t11-,12-,17+/m0/s1. The number of nitrogens with zero attached hydrogens (tertiary/aromatic N) is 1. The van der Waals surface area contributed by atoms with Gasteiger partial charge in [0.1, 0.15) is 12.1 Å². The molecule has 0 aromatic rings. The van der Waals surface area contributed by atoms with Crippen molar-refractivity contribution >= 4 is 23.8 Å². The van der Waals surface area contributed by atoms with E-state index < -0.39 is 36.1 Å². The lowest BCUT2D eigenvalue weighted by Gasteiger charge is -2.36. The minimum atomic E-state index is -1.03. The number of hydrogen-bond acceptors (Lipinski definition) is 6. The molecular formula is C17H27N3O6. The average molecular weight is 369 g/mol. The van der Waals surface area contributed by atoms with E-state index in [9.17, 15) is 19.2 Å². The van der Waals surface area contributed by atoms with Crippen LogP contribution in [0.25, 0.3) is 0 Å². The average Bonchev–Trinajstić information content (AvgIpc) is 2.82. The van der Waals surface area contributed by atoms with Crippen LogP contribution in [-0.2, 0) is 23.9 Å². The molecule has 1 spiro atoms. The van der Waals surface area contributed by atoms with Gasteiger partial charge < -0.3 is 20.1 Å². The summed E-state index contributed by atoms with van der Waals surface area (Å²) in [6, 6.07) is -0.585. The first-order valence-corrected chi connectivity index (χ1v) is 8.92. The van der Waals surface area contributed by atoms with Crippen LogP contribution in [0.1, 0.15) is 39.5 Å². The number of ether oxygens (including phenoxy) is 2. The molecule has 2 aliphatic rings. The van der Waals surface area contributed by atoms with E-state index in [0.717, 1.165) is 24.2 Å². The first-order valence-electron chi connectivity index (χ1n) is 8.92. The topological polar surface area (TPSA) is 114 Å². The molecule has 9 heteroatoms. The van der Waals surface area contributed by atoms with Gasteiger partial charge in [-0.15, -0.1) is 0 Å². The quantitative estimate of drug-likeness (QED) is 0.376. The highest BCUT2D eigenvalue weighted by Gasteiger charge is 2.55. The molecule has 4 amide bonds. The van der Waals surface area contributed by atoms with Crippen molar-refractivity contribution in [3.63, 3.8) is 0 Å². The first-order chi connectivity index (χ1) is 12.3. The summed E-state index contributed by atoms with van der Waals surface area (Å²) in [7, 11) is 1.51. The summed E-state index contributed by atoms with van der Waals surface area (Å²) in [5.41, 5.74) is -0.918. The summed E-state index contributed by atoms with van der Waals surface area (Å²) in [6.45, 7) is 3.50. The molecule has 1 saturated heterocycles. The summed E-state index contributed by atoms with van der Waals surface area (Å²) in [4.78, 5) is 49.8. The zero-order valence-corrected chi connectivity index (χ0v) is 15.5. The van der Waals surface area contributed by atoms with E-state index in [4.69, 9.17) is 9.47 Å². The highest BCUT2D eigenvalue weighted by Crippen LogP contribution is 2.38. The molecule has 0 aromatic heterocycles. The van der Waals surface area contributed by atoms with Crippen LogP contribution in [0.3, 0.4) is 0 Å². The number of hydrogen-bond donors (Lipinski definition) is 2. The van der Waals surface area contributed by atoms with E-state index in [1.54, 1.807) is 0 Å². The van der Waals surface area contributed by atoms with Gasteiger partial charge in [-0.2, -0.15) is 0 Å². The van der Waals surface area contributed by atoms with E-state index in [1.807, 2.05) is 6.92 Å². The van der Waals surface area contributed by atoms with E-state index in [0.29, 0.717) is 19.6 Å². The van der Waals surface area contributed by atoms with Gasteiger partial charge in [0, 0.05) is 13.7 Å². The SMILES string of the molecule is COCCNC(=O)[C@H](C)OC(=O)CN1C(=O)N[C@@]2(CCCC[C@@H]2C)C1=O. The molecule has 0 unspecified atom stereocenters. The molecular weight excluding hydrogens is 342 g/mol. The molecule has 1 heterocycles. The maximum absolute atomic E-state index is 12.8. The van der Waals surface area contributed by atoms with Gasteiger partial charge in [0.25, 0.3) is 11.8 Å². The van der Waals surface area contributed by atoms with Gasteiger partial charge in [-0.1, -0.05) is 19.8 Å². The van der Waals surface area contributed by atoms with Crippen LogP contribution in [0.4, 0.5) is 4.79 Å². The molecule has 1 aliphatic heterocycles. The number of esters is 1. The van der Waals surface area contributed by atoms with Crippen LogP contribution in [-0.4, -0.2) is 67.2 Å². The molecule has 1 aliphatic carbocycles.